The molecule has 0 N–H and O–H groups in total. The summed E-state index contributed by atoms with van der Waals surface area (Å²) < 4.78 is 2.56. The lowest BCUT2D eigenvalue weighted by Crippen LogP contribution is -2.28. The summed E-state index contributed by atoms with van der Waals surface area (Å²) in [6.07, 6.45) is 0. The molecule has 1 aromatic heterocycles. The van der Waals surface area contributed by atoms with Gasteiger partial charge in [0.25, 0.3) is 0 Å². The highest BCUT2D eigenvalue weighted by molar-refractivity contribution is 7.26. The zero-order chi connectivity index (χ0) is 42.9. The number of fused-ring (bicyclic) bond motifs is 8. The summed E-state index contributed by atoms with van der Waals surface area (Å²) in [5.41, 5.74) is 15.4. The Balaban J connectivity index is 1.06. The minimum absolute atomic E-state index is 0.515. The van der Waals surface area contributed by atoms with Gasteiger partial charge in [0.1, 0.15) is 0 Å². The van der Waals surface area contributed by atoms with E-state index in [1.54, 1.807) is 0 Å². The quantitative estimate of drug-likeness (QED) is 0.154. The molecule has 2 heteroatoms. The molecular formula is C63H41NS. The van der Waals surface area contributed by atoms with Gasteiger partial charge in [0, 0.05) is 26.7 Å². The Labute approximate surface area is 382 Å². The van der Waals surface area contributed by atoms with E-state index in [1.165, 1.54) is 103 Å². The topological polar surface area (TPSA) is 3.24 Å². The van der Waals surface area contributed by atoms with Gasteiger partial charge in [-0.3, -0.25) is 0 Å². The molecule has 0 bridgehead atoms. The summed E-state index contributed by atoms with van der Waals surface area (Å²) in [5, 5.41) is 7.52. The molecule has 0 unspecified atom stereocenters. The van der Waals surface area contributed by atoms with Crippen LogP contribution < -0.4 is 4.90 Å². The molecule has 13 rings (SSSR count). The molecule has 65 heavy (non-hydrogen) atoms. The number of benzene rings is 11. The van der Waals surface area contributed by atoms with Gasteiger partial charge in [-0.15, -0.1) is 11.3 Å². The van der Waals surface area contributed by atoms with Crippen molar-refractivity contribution in [1.82, 2.24) is 0 Å². The molecular weight excluding hydrogens is 803 g/mol. The molecule has 11 aromatic carbocycles. The zero-order valence-corrected chi connectivity index (χ0v) is 36.3. The SMILES string of the molecule is c1ccc(C2(c3ccccc3)c3ccccc3-c3c(N(c4ccc(-c5cc6ccccc6cc5-c5ccc6ccccc6c5)cc4)c4cccc5c4sc4ccccc45)cccc32)cc1. The van der Waals surface area contributed by atoms with Crippen LogP contribution in [-0.2, 0) is 5.41 Å². The van der Waals surface area contributed by atoms with E-state index in [9.17, 15) is 0 Å². The van der Waals surface area contributed by atoms with E-state index in [2.05, 4.69) is 254 Å². The van der Waals surface area contributed by atoms with E-state index in [1.807, 2.05) is 11.3 Å². The lowest BCUT2D eigenvalue weighted by atomic mass is 9.68. The first-order valence-electron chi connectivity index (χ1n) is 22.4. The summed E-state index contributed by atoms with van der Waals surface area (Å²) in [4.78, 5) is 2.54. The van der Waals surface area contributed by atoms with Crippen LogP contribution in [0.5, 0.6) is 0 Å². The lowest BCUT2D eigenvalue weighted by molar-refractivity contribution is 0.768. The zero-order valence-electron chi connectivity index (χ0n) is 35.5. The van der Waals surface area contributed by atoms with Gasteiger partial charge in [-0.1, -0.05) is 200 Å². The minimum Gasteiger partial charge on any atom is -0.308 e. The molecule has 1 aliphatic rings. The number of thiophene rings is 1. The number of hydrogen-bond donors (Lipinski definition) is 0. The average Bonchev–Trinajstić information content (AvgIpc) is 3.92. The summed E-state index contributed by atoms with van der Waals surface area (Å²) >= 11 is 1.88. The molecule has 1 heterocycles. The van der Waals surface area contributed by atoms with Crippen LogP contribution in [0.2, 0.25) is 0 Å². The summed E-state index contributed by atoms with van der Waals surface area (Å²) in [6.45, 7) is 0. The normalized spacial score (nSPS) is 12.7. The van der Waals surface area contributed by atoms with E-state index < -0.39 is 5.41 Å². The van der Waals surface area contributed by atoms with Crippen LogP contribution in [-0.4, -0.2) is 0 Å². The van der Waals surface area contributed by atoms with Crippen LogP contribution in [0.15, 0.2) is 249 Å². The molecule has 1 nitrogen and oxygen atoms in total. The molecule has 1 aliphatic carbocycles. The monoisotopic (exact) mass is 843 g/mol. The molecule has 0 aliphatic heterocycles. The Kier molecular flexibility index (Phi) is 8.69. The Morgan fingerprint density at radius 1 is 0.338 bits per heavy atom. The van der Waals surface area contributed by atoms with Crippen molar-refractivity contribution in [2.75, 3.05) is 4.90 Å². The third kappa shape index (κ3) is 5.85. The Bertz CT molecular complexity index is 3730. The highest BCUT2D eigenvalue weighted by Crippen LogP contribution is 2.60. The van der Waals surface area contributed by atoms with Gasteiger partial charge in [-0.05, 0) is 120 Å². The first-order valence-corrected chi connectivity index (χ1v) is 23.2. The number of hydrogen-bond acceptors (Lipinski definition) is 2. The van der Waals surface area contributed by atoms with Gasteiger partial charge in [0.2, 0.25) is 0 Å². The van der Waals surface area contributed by atoms with Crippen molar-refractivity contribution in [1.29, 1.82) is 0 Å². The van der Waals surface area contributed by atoms with Crippen molar-refractivity contribution < 1.29 is 0 Å². The molecule has 0 atom stereocenters. The van der Waals surface area contributed by atoms with Crippen molar-refractivity contribution in [3.8, 4) is 33.4 Å². The van der Waals surface area contributed by atoms with Crippen LogP contribution in [0.25, 0.3) is 75.1 Å². The second-order valence-corrected chi connectivity index (χ2v) is 18.2. The van der Waals surface area contributed by atoms with E-state index in [0.717, 1.165) is 11.4 Å². The molecule has 0 amide bonds. The van der Waals surface area contributed by atoms with Crippen molar-refractivity contribution >= 4 is 70.1 Å². The van der Waals surface area contributed by atoms with Gasteiger partial charge in [0.05, 0.1) is 21.5 Å². The smallest absolute Gasteiger partial charge is 0.0714 e. The third-order valence-corrected chi connectivity index (χ3v) is 14.9. The van der Waals surface area contributed by atoms with E-state index in [4.69, 9.17) is 0 Å². The molecule has 12 aromatic rings. The molecule has 304 valence electrons. The van der Waals surface area contributed by atoms with Crippen molar-refractivity contribution in [3.05, 3.63) is 271 Å². The Morgan fingerprint density at radius 3 is 1.62 bits per heavy atom. The fourth-order valence-corrected chi connectivity index (χ4v) is 12.0. The molecule has 0 saturated carbocycles. The maximum absolute atomic E-state index is 2.54. The predicted octanol–water partition coefficient (Wildman–Crippen LogP) is 17.5. The van der Waals surface area contributed by atoms with Crippen LogP contribution in [0.1, 0.15) is 22.3 Å². The third-order valence-electron chi connectivity index (χ3n) is 13.7. The largest absolute Gasteiger partial charge is 0.308 e. The van der Waals surface area contributed by atoms with E-state index in [-0.39, 0.29) is 0 Å². The van der Waals surface area contributed by atoms with Crippen LogP contribution >= 0.6 is 11.3 Å². The second-order valence-electron chi connectivity index (χ2n) is 17.2. The maximum atomic E-state index is 2.54. The van der Waals surface area contributed by atoms with Crippen LogP contribution in [0, 0.1) is 0 Å². The van der Waals surface area contributed by atoms with Crippen LogP contribution in [0.4, 0.5) is 17.1 Å². The summed E-state index contributed by atoms with van der Waals surface area (Å²) in [5.74, 6) is 0. The van der Waals surface area contributed by atoms with Gasteiger partial charge in [-0.2, -0.15) is 0 Å². The average molecular weight is 844 g/mol. The van der Waals surface area contributed by atoms with Crippen LogP contribution in [0.3, 0.4) is 0 Å². The number of rotatable bonds is 7. The van der Waals surface area contributed by atoms with Gasteiger partial charge < -0.3 is 4.90 Å². The highest BCUT2D eigenvalue weighted by Gasteiger charge is 2.47. The fraction of sp³-hybridized carbons (Fsp3) is 0.0159. The molecule has 0 radical (unpaired) electrons. The lowest BCUT2D eigenvalue weighted by Gasteiger charge is -2.34. The summed E-state index contributed by atoms with van der Waals surface area (Å²) in [7, 11) is 0. The van der Waals surface area contributed by atoms with E-state index in [0.29, 0.717) is 0 Å². The molecule has 0 spiro atoms. The predicted molar refractivity (Wildman–Crippen MR) is 277 cm³/mol. The minimum atomic E-state index is -0.515. The van der Waals surface area contributed by atoms with Crippen molar-refractivity contribution in [2.24, 2.45) is 0 Å². The van der Waals surface area contributed by atoms with Gasteiger partial charge >= 0.3 is 0 Å². The fourth-order valence-electron chi connectivity index (χ4n) is 10.8. The molecule has 0 saturated heterocycles. The standard InChI is InChI=1S/C63H41NS/c1-3-21-48(22-4-1)63(49-23-5-2-6-24-49)56-28-13-11-26-53(56)61-57(63)29-16-30-58(61)64(59-31-15-27-52-51-25-12-14-32-60(51)65-62(52)59)50-37-35-43(36-38-50)54-40-45-19-9-10-20-46(45)41-55(54)47-34-33-42-17-7-8-18-44(42)39-47/h1-41H. The first-order chi connectivity index (χ1) is 32.2. The van der Waals surface area contributed by atoms with Gasteiger partial charge in [-0.25, -0.2) is 0 Å². The number of anilines is 3. The summed E-state index contributed by atoms with van der Waals surface area (Å²) in [6, 6.07) is 92.2. The first kappa shape index (κ1) is 37.5. The Hall–Kier alpha value is -8.04. The van der Waals surface area contributed by atoms with Crippen molar-refractivity contribution in [3.63, 3.8) is 0 Å². The Morgan fingerprint density at radius 2 is 0.877 bits per heavy atom. The van der Waals surface area contributed by atoms with E-state index >= 15 is 0 Å². The second kappa shape index (κ2) is 15.1. The maximum Gasteiger partial charge on any atom is 0.0714 e. The molecule has 0 fully saturated rings. The van der Waals surface area contributed by atoms with Crippen molar-refractivity contribution in [2.45, 2.75) is 5.41 Å². The number of nitrogens with zero attached hydrogens (tertiary/aromatic N) is 1. The van der Waals surface area contributed by atoms with Gasteiger partial charge in [0.15, 0.2) is 0 Å². The highest BCUT2D eigenvalue weighted by atomic mass is 32.1.